The van der Waals surface area contributed by atoms with Crippen LogP contribution in [0.3, 0.4) is 0 Å². The van der Waals surface area contributed by atoms with Gasteiger partial charge >= 0.3 is 0 Å². The van der Waals surface area contributed by atoms with E-state index in [4.69, 9.17) is 4.74 Å². The van der Waals surface area contributed by atoms with Gasteiger partial charge in [-0.2, -0.15) is 0 Å². The van der Waals surface area contributed by atoms with Gasteiger partial charge in [-0.1, -0.05) is 12.1 Å². The minimum Gasteiger partial charge on any atom is -0.496 e. The van der Waals surface area contributed by atoms with E-state index in [1.807, 2.05) is 0 Å². The summed E-state index contributed by atoms with van der Waals surface area (Å²) in [6.07, 6.45) is 6.54. The Hall–Kier alpha value is -1.02. The van der Waals surface area contributed by atoms with Crippen LogP contribution in [0.2, 0.25) is 0 Å². The van der Waals surface area contributed by atoms with Crippen molar-refractivity contribution in [2.75, 3.05) is 20.2 Å². The molecule has 1 saturated heterocycles. The van der Waals surface area contributed by atoms with Crippen molar-refractivity contribution in [2.24, 2.45) is 5.92 Å². The second-order valence-electron chi connectivity index (χ2n) is 5.77. The molecule has 2 nitrogen and oxygen atoms in total. The van der Waals surface area contributed by atoms with Crippen LogP contribution in [0.1, 0.15) is 42.7 Å². The van der Waals surface area contributed by atoms with Crippen LogP contribution in [0.5, 0.6) is 5.75 Å². The molecule has 1 saturated carbocycles. The van der Waals surface area contributed by atoms with E-state index in [1.54, 1.807) is 7.11 Å². The molecule has 0 spiro atoms. The Morgan fingerprint density at radius 3 is 2.83 bits per heavy atom. The van der Waals surface area contributed by atoms with E-state index in [9.17, 15) is 0 Å². The monoisotopic (exact) mass is 245 g/mol. The first-order valence-electron chi connectivity index (χ1n) is 7.24. The van der Waals surface area contributed by atoms with E-state index in [1.165, 1.54) is 56.3 Å². The molecule has 0 radical (unpaired) electrons. The fourth-order valence-electron chi connectivity index (χ4n) is 3.05. The van der Waals surface area contributed by atoms with E-state index in [0.717, 1.165) is 17.6 Å². The molecule has 1 heterocycles. The van der Waals surface area contributed by atoms with Crippen molar-refractivity contribution in [3.8, 4) is 5.75 Å². The van der Waals surface area contributed by atoms with Crippen LogP contribution in [0.15, 0.2) is 18.2 Å². The first-order chi connectivity index (χ1) is 8.86. The first kappa shape index (κ1) is 12.0. The predicted molar refractivity (Wildman–Crippen MR) is 74.3 cm³/mol. The number of piperidine rings is 1. The van der Waals surface area contributed by atoms with Crippen LogP contribution >= 0.6 is 0 Å². The lowest BCUT2D eigenvalue weighted by Gasteiger charge is -2.23. The number of hydrogen-bond donors (Lipinski definition) is 1. The molecule has 0 aromatic heterocycles. The lowest BCUT2D eigenvalue weighted by atomic mass is 9.91. The van der Waals surface area contributed by atoms with Gasteiger partial charge in [-0.25, -0.2) is 0 Å². The fraction of sp³-hybridized carbons (Fsp3) is 0.625. The molecule has 1 aliphatic heterocycles. The zero-order chi connectivity index (χ0) is 12.4. The van der Waals surface area contributed by atoms with Crippen molar-refractivity contribution in [2.45, 2.75) is 38.0 Å². The summed E-state index contributed by atoms with van der Waals surface area (Å²) in [6.45, 7) is 2.37. The van der Waals surface area contributed by atoms with Gasteiger partial charge < -0.3 is 10.1 Å². The normalized spacial score (nSPS) is 23.9. The van der Waals surface area contributed by atoms with Crippen molar-refractivity contribution in [1.82, 2.24) is 5.32 Å². The molecule has 98 valence electrons. The van der Waals surface area contributed by atoms with E-state index in [-0.39, 0.29) is 0 Å². The Kier molecular flexibility index (Phi) is 3.55. The smallest absolute Gasteiger partial charge is 0.122 e. The summed E-state index contributed by atoms with van der Waals surface area (Å²) in [4.78, 5) is 0. The van der Waals surface area contributed by atoms with Gasteiger partial charge in [0, 0.05) is 0 Å². The van der Waals surface area contributed by atoms with E-state index in [0.29, 0.717) is 0 Å². The summed E-state index contributed by atoms with van der Waals surface area (Å²) in [5, 5.41) is 3.49. The molecule has 1 aliphatic carbocycles. The number of rotatable bonds is 4. The van der Waals surface area contributed by atoms with Crippen molar-refractivity contribution in [3.05, 3.63) is 29.3 Å². The molecule has 2 aliphatic rings. The van der Waals surface area contributed by atoms with Gasteiger partial charge in [-0.3, -0.25) is 0 Å². The Bertz CT molecular complexity index is 406. The van der Waals surface area contributed by atoms with Crippen LogP contribution in [-0.4, -0.2) is 20.2 Å². The number of methoxy groups -OCH3 is 1. The third kappa shape index (κ3) is 2.69. The Balaban J connectivity index is 1.71. The lowest BCUT2D eigenvalue weighted by Crippen LogP contribution is -2.30. The van der Waals surface area contributed by atoms with Crippen molar-refractivity contribution >= 4 is 0 Å². The zero-order valence-corrected chi connectivity index (χ0v) is 11.2. The molecule has 0 amide bonds. The molecule has 3 rings (SSSR count). The van der Waals surface area contributed by atoms with Crippen LogP contribution in [-0.2, 0) is 6.42 Å². The molecule has 1 aromatic rings. The highest BCUT2D eigenvalue weighted by Crippen LogP contribution is 2.44. The molecular weight excluding hydrogens is 222 g/mol. The first-order valence-corrected chi connectivity index (χ1v) is 7.24. The molecule has 1 atom stereocenters. The third-order valence-corrected chi connectivity index (χ3v) is 4.24. The Morgan fingerprint density at radius 2 is 2.17 bits per heavy atom. The Labute approximate surface area is 110 Å². The molecule has 18 heavy (non-hydrogen) atoms. The highest BCUT2D eigenvalue weighted by molar-refractivity contribution is 5.42. The average Bonchev–Trinajstić information content (AvgIpc) is 3.24. The number of hydrogen-bond acceptors (Lipinski definition) is 2. The molecule has 2 heteroatoms. The lowest BCUT2D eigenvalue weighted by molar-refractivity contribution is 0.374. The summed E-state index contributed by atoms with van der Waals surface area (Å²) in [7, 11) is 1.80. The average molecular weight is 245 g/mol. The summed E-state index contributed by atoms with van der Waals surface area (Å²) in [5.41, 5.74) is 2.85. The number of nitrogens with one attached hydrogen (secondary N) is 1. The minimum atomic E-state index is 0.769. The van der Waals surface area contributed by atoms with Gasteiger partial charge in [-0.15, -0.1) is 0 Å². The summed E-state index contributed by atoms with van der Waals surface area (Å²) in [5.74, 6) is 2.68. The van der Waals surface area contributed by atoms with E-state index >= 15 is 0 Å². The number of ether oxygens (including phenoxy) is 1. The summed E-state index contributed by atoms with van der Waals surface area (Å²) in [6, 6.07) is 6.87. The minimum absolute atomic E-state index is 0.769. The highest BCUT2D eigenvalue weighted by atomic mass is 16.5. The van der Waals surface area contributed by atoms with Crippen LogP contribution in [0, 0.1) is 5.92 Å². The van der Waals surface area contributed by atoms with Crippen molar-refractivity contribution < 1.29 is 4.74 Å². The SMILES string of the molecule is COc1cc(CC2CCCNC2)ccc1C1CC1. The van der Waals surface area contributed by atoms with Crippen molar-refractivity contribution in [3.63, 3.8) is 0 Å². The summed E-state index contributed by atoms with van der Waals surface area (Å²) >= 11 is 0. The quantitative estimate of drug-likeness (QED) is 0.880. The maximum atomic E-state index is 5.56. The topological polar surface area (TPSA) is 21.3 Å². The summed E-state index contributed by atoms with van der Waals surface area (Å²) < 4.78 is 5.56. The third-order valence-electron chi connectivity index (χ3n) is 4.24. The molecule has 1 unspecified atom stereocenters. The van der Waals surface area contributed by atoms with E-state index in [2.05, 4.69) is 23.5 Å². The zero-order valence-electron chi connectivity index (χ0n) is 11.2. The van der Waals surface area contributed by atoms with Gasteiger partial charge in [0.25, 0.3) is 0 Å². The molecular formula is C16H23NO. The van der Waals surface area contributed by atoms with Gasteiger partial charge in [0.15, 0.2) is 0 Å². The molecule has 1 aromatic carbocycles. The fourth-order valence-corrected chi connectivity index (χ4v) is 3.05. The van der Waals surface area contributed by atoms with E-state index < -0.39 is 0 Å². The maximum Gasteiger partial charge on any atom is 0.122 e. The second kappa shape index (κ2) is 5.31. The standard InChI is InChI=1S/C16H23NO/c1-18-16-10-12(4-7-15(16)14-5-6-14)9-13-3-2-8-17-11-13/h4,7,10,13-14,17H,2-3,5-6,8-9,11H2,1H3. The van der Waals surface area contributed by atoms with Crippen molar-refractivity contribution in [1.29, 1.82) is 0 Å². The van der Waals surface area contributed by atoms with Gasteiger partial charge in [0.2, 0.25) is 0 Å². The van der Waals surface area contributed by atoms with Crippen LogP contribution < -0.4 is 10.1 Å². The molecule has 1 N–H and O–H groups in total. The number of benzene rings is 1. The Morgan fingerprint density at radius 1 is 1.28 bits per heavy atom. The van der Waals surface area contributed by atoms with Crippen LogP contribution in [0.4, 0.5) is 0 Å². The van der Waals surface area contributed by atoms with Crippen LogP contribution in [0.25, 0.3) is 0 Å². The second-order valence-corrected chi connectivity index (χ2v) is 5.77. The molecule has 0 bridgehead atoms. The highest BCUT2D eigenvalue weighted by Gasteiger charge is 2.26. The predicted octanol–water partition coefficient (Wildman–Crippen LogP) is 3.11. The van der Waals surface area contributed by atoms with Gasteiger partial charge in [-0.05, 0) is 74.2 Å². The van der Waals surface area contributed by atoms with Gasteiger partial charge in [0.05, 0.1) is 7.11 Å². The maximum absolute atomic E-state index is 5.56. The molecule has 2 fully saturated rings. The largest absolute Gasteiger partial charge is 0.496 e. The van der Waals surface area contributed by atoms with Gasteiger partial charge in [0.1, 0.15) is 5.75 Å².